The van der Waals surface area contributed by atoms with Crippen LogP contribution >= 0.6 is 0 Å². The minimum absolute atomic E-state index is 0.0778. The molecule has 2 aromatic heterocycles. The summed E-state index contributed by atoms with van der Waals surface area (Å²) in [6.07, 6.45) is 7.49. The number of ether oxygens (including phenoxy) is 2. The number of nitrogen functional groups attached to an aromatic ring is 2. The van der Waals surface area contributed by atoms with Gasteiger partial charge in [0.1, 0.15) is 11.2 Å². The molecule has 12 heteroatoms. The molecule has 50 heavy (non-hydrogen) atoms. The molecule has 0 radical (unpaired) electrons. The molecular weight excluding hydrogens is 665 g/mol. The fraction of sp³-hybridized carbons (Fsp3) is 0.737. The van der Waals surface area contributed by atoms with E-state index in [1.165, 1.54) is 0 Å². The molecule has 2 aromatic rings. The maximum absolute atomic E-state index is 11.3. The summed E-state index contributed by atoms with van der Waals surface area (Å²) in [4.78, 5) is 8.12. The molecule has 0 spiro atoms. The summed E-state index contributed by atoms with van der Waals surface area (Å²) in [5.41, 5.74) is 13.3. The van der Waals surface area contributed by atoms with Crippen molar-refractivity contribution in [1.82, 2.24) is 9.97 Å². The van der Waals surface area contributed by atoms with E-state index in [2.05, 4.69) is 77.7 Å². The Labute approximate surface area is 304 Å². The Balaban J connectivity index is 0.000000270. The van der Waals surface area contributed by atoms with E-state index in [4.69, 9.17) is 29.8 Å². The lowest BCUT2D eigenvalue weighted by molar-refractivity contribution is -0.220. The number of anilines is 2. The van der Waals surface area contributed by atoms with Gasteiger partial charge >= 0.3 is 0 Å². The molecule has 0 amide bonds. The van der Waals surface area contributed by atoms with Gasteiger partial charge in [0.25, 0.3) is 0 Å². The first kappa shape index (κ1) is 42.5. The molecule has 2 fully saturated rings. The first-order valence-corrected chi connectivity index (χ1v) is 24.2. The van der Waals surface area contributed by atoms with E-state index in [1.54, 1.807) is 24.8 Å². The van der Waals surface area contributed by atoms with Gasteiger partial charge in [-0.2, -0.15) is 0 Å². The Morgan fingerprint density at radius 3 is 1.30 bits per heavy atom. The van der Waals surface area contributed by atoms with Crippen LogP contribution in [0.3, 0.4) is 0 Å². The Morgan fingerprint density at radius 1 is 0.720 bits per heavy atom. The van der Waals surface area contributed by atoms with Gasteiger partial charge in [0, 0.05) is 36.4 Å². The third kappa shape index (κ3) is 8.99. The van der Waals surface area contributed by atoms with E-state index in [0.717, 1.165) is 11.1 Å². The highest BCUT2D eigenvalue weighted by molar-refractivity contribution is 6.74. The second kappa shape index (κ2) is 15.6. The van der Waals surface area contributed by atoms with Crippen molar-refractivity contribution in [1.29, 1.82) is 0 Å². The molecule has 0 unspecified atom stereocenters. The second-order valence-electron chi connectivity index (χ2n) is 17.4. The minimum atomic E-state index is -2.03. The molecule has 4 heterocycles. The lowest BCUT2D eigenvalue weighted by Crippen LogP contribution is -2.60. The number of hydrogen-bond acceptors (Lipinski definition) is 10. The fourth-order valence-electron chi connectivity index (χ4n) is 6.38. The molecule has 0 aromatic carbocycles. The molecule has 10 nitrogen and oxygen atoms in total. The second-order valence-corrected chi connectivity index (χ2v) is 27.0. The molecule has 4 rings (SSSR count). The van der Waals surface area contributed by atoms with E-state index in [-0.39, 0.29) is 46.7 Å². The molecule has 0 saturated carbocycles. The minimum Gasteiger partial charge on any atom is -0.411 e. The summed E-state index contributed by atoms with van der Waals surface area (Å²) < 4.78 is 25.7. The van der Waals surface area contributed by atoms with Crippen LogP contribution in [0.2, 0.25) is 36.3 Å². The summed E-state index contributed by atoms with van der Waals surface area (Å²) in [5.74, 6) is 0. The Kier molecular flexibility index (Phi) is 13.3. The van der Waals surface area contributed by atoms with Crippen LogP contribution in [0.5, 0.6) is 0 Å². The van der Waals surface area contributed by atoms with Crippen molar-refractivity contribution in [2.45, 2.75) is 179 Å². The number of aliphatic hydroxyl groups is 2. The lowest BCUT2D eigenvalue weighted by atomic mass is 9.81. The predicted octanol–water partition coefficient (Wildman–Crippen LogP) is 8.09. The van der Waals surface area contributed by atoms with Gasteiger partial charge in [-0.1, -0.05) is 55.4 Å². The largest absolute Gasteiger partial charge is 0.411 e. The average molecular weight is 733 g/mol. The summed E-state index contributed by atoms with van der Waals surface area (Å²) in [5, 5.41) is 22.8. The maximum atomic E-state index is 11.3. The highest BCUT2D eigenvalue weighted by Crippen LogP contribution is 2.47. The molecule has 284 valence electrons. The van der Waals surface area contributed by atoms with Gasteiger partial charge in [0.15, 0.2) is 16.6 Å². The summed E-state index contributed by atoms with van der Waals surface area (Å²) >= 11 is 0. The van der Waals surface area contributed by atoms with Crippen LogP contribution in [-0.4, -0.2) is 72.4 Å². The van der Waals surface area contributed by atoms with E-state index in [0.29, 0.717) is 37.1 Å². The van der Waals surface area contributed by atoms with Gasteiger partial charge in [-0.3, -0.25) is 9.97 Å². The fourth-order valence-corrected chi connectivity index (χ4v) is 9.11. The van der Waals surface area contributed by atoms with Crippen molar-refractivity contribution < 1.29 is 28.5 Å². The quantitative estimate of drug-likeness (QED) is 0.196. The molecule has 2 saturated heterocycles. The van der Waals surface area contributed by atoms with Gasteiger partial charge in [-0.15, -0.1) is 0 Å². The zero-order chi connectivity index (χ0) is 38.1. The number of aromatic nitrogens is 2. The molecular formula is C38H68N4O6Si2. The van der Waals surface area contributed by atoms with E-state index < -0.39 is 27.8 Å². The number of pyridine rings is 2. The molecule has 0 bridgehead atoms. The molecule has 8 atom stereocenters. The Morgan fingerprint density at radius 2 is 1.04 bits per heavy atom. The predicted molar refractivity (Wildman–Crippen MR) is 208 cm³/mol. The van der Waals surface area contributed by atoms with Gasteiger partial charge in [-0.25, -0.2) is 0 Å². The van der Waals surface area contributed by atoms with Crippen molar-refractivity contribution in [3.05, 3.63) is 48.0 Å². The third-order valence-corrected chi connectivity index (χ3v) is 21.2. The van der Waals surface area contributed by atoms with Crippen LogP contribution in [0.1, 0.15) is 118 Å². The van der Waals surface area contributed by atoms with Crippen LogP contribution in [0.4, 0.5) is 11.4 Å². The summed E-state index contributed by atoms with van der Waals surface area (Å²) in [6, 6.07) is 3.79. The van der Waals surface area contributed by atoms with Crippen LogP contribution < -0.4 is 11.5 Å². The zero-order valence-electron chi connectivity index (χ0n) is 33.3. The van der Waals surface area contributed by atoms with Crippen LogP contribution in [0, 0.1) is 0 Å². The van der Waals surface area contributed by atoms with E-state index >= 15 is 0 Å². The summed E-state index contributed by atoms with van der Waals surface area (Å²) in [7, 11) is -4.06. The Bertz CT molecular complexity index is 1310. The van der Waals surface area contributed by atoms with Crippen molar-refractivity contribution in [3.63, 3.8) is 0 Å². The first-order chi connectivity index (χ1) is 22.8. The highest BCUT2D eigenvalue weighted by atomic mass is 28.4. The van der Waals surface area contributed by atoms with Crippen molar-refractivity contribution in [3.8, 4) is 0 Å². The first-order valence-electron chi connectivity index (χ1n) is 18.3. The van der Waals surface area contributed by atoms with Crippen molar-refractivity contribution in [2.75, 3.05) is 11.5 Å². The van der Waals surface area contributed by atoms with E-state index in [1.807, 2.05) is 39.8 Å². The molecule has 2 aliphatic heterocycles. The van der Waals surface area contributed by atoms with Crippen LogP contribution in [0.25, 0.3) is 0 Å². The Hall–Kier alpha value is -1.91. The number of hydrogen-bond donors (Lipinski definition) is 4. The van der Waals surface area contributed by atoms with Crippen molar-refractivity contribution >= 4 is 28.0 Å². The highest BCUT2D eigenvalue weighted by Gasteiger charge is 2.53. The SMILES string of the molecule is CC[C@@]1(O)[C@H](C)O[C@H](c2ccncc2N)C[C@@H]1O[Si](C)(C)C(C)(C)C.CC[C@]1(O)[C@@H](C)O[C@@H](c2ccncc2N)C[C@H]1O[Si](C)(C)C(C)(C)C. The van der Waals surface area contributed by atoms with E-state index in [9.17, 15) is 10.2 Å². The average Bonchev–Trinajstić information content (AvgIpc) is 3.01. The standard InChI is InChI=1S/2C19H34N2O3Si/c2*1-8-19(22)13(2)23-16(14-9-10-21-12-15(14)20)11-17(19)24-25(6,7)18(3,4)5/h2*9-10,12-13,16-17,22H,8,11,20H2,1-7H3/t2*13-,16-,17-,19+/m10/s1. The topological polar surface area (TPSA) is 155 Å². The van der Waals surface area contributed by atoms with Crippen LogP contribution in [0.15, 0.2) is 36.9 Å². The lowest BCUT2D eigenvalue weighted by Gasteiger charge is -2.51. The monoisotopic (exact) mass is 732 g/mol. The maximum Gasteiger partial charge on any atom is 0.192 e. The van der Waals surface area contributed by atoms with Gasteiger partial charge in [0.2, 0.25) is 0 Å². The molecule has 0 aliphatic carbocycles. The number of rotatable bonds is 8. The summed E-state index contributed by atoms with van der Waals surface area (Å²) in [6.45, 7) is 30.0. The van der Waals surface area contributed by atoms with Gasteiger partial charge in [-0.05, 0) is 75.1 Å². The zero-order valence-corrected chi connectivity index (χ0v) is 35.3. The van der Waals surface area contributed by atoms with Crippen LogP contribution in [-0.2, 0) is 18.3 Å². The molecule has 2 aliphatic rings. The third-order valence-electron chi connectivity index (χ3n) is 12.2. The number of nitrogens with two attached hydrogens (primary N) is 2. The van der Waals surface area contributed by atoms with Gasteiger partial charge in [0.05, 0.1) is 60.4 Å². The van der Waals surface area contributed by atoms with Gasteiger partial charge < -0.3 is 40.0 Å². The molecule has 6 N–H and O–H groups in total. The normalized spacial score (nSPS) is 31.1. The van der Waals surface area contributed by atoms with Crippen molar-refractivity contribution in [2.24, 2.45) is 0 Å². The smallest absolute Gasteiger partial charge is 0.192 e. The number of nitrogens with zero attached hydrogens (tertiary/aromatic N) is 2.